The van der Waals surface area contributed by atoms with Gasteiger partial charge in [-0.25, -0.2) is 0 Å². The van der Waals surface area contributed by atoms with E-state index in [1.807, 2.05) is 55.4 Å². The second kappa shape index (κ2) is 29.9. The predicted molar refractivity (Wildman–Crippen MR) is 255 cm³/mol. The highest BCUT2D eigenvalue weighted by molar-refractivity contribution is 5.82. The van der Waals surface area contributed by atoms with Gasteiger partial charge in [-0.15, -0.1) is 0 Å². The topological polar surface area (TPSA) is 0 Å². The molecule has 0 bridgehead atoms. The molecule has 6 rings (SSSR count). The summed E-state index contributed by atoms with van der Waals surface area (Å²) in [5.41, 5.74) is 20.2. The van der Waals surface area contributed by atoms with Crippen molar-refractivity contribution in [3.05, 3.63) is 187 Å². The fraction of sp³-hybridized carbons (Fsp3) is 0.382. The fourth-order valence-electron chi connectivity index (χ4n) is 5.94. The Morgan fingerprint density at radius 2 is 0.364 bits per heavy atom. The lowest BCUT2D eigenvalue weighted by Gasteiger charge is -2.15. The summed E-state index contributed by atoms with van der Waals surface area (Å²) in [5, 5.41) is 2.62. The van der Waals surface area contributed by atoms with E-state index >= 15 is 0 Å². The van der Waals surface area contributed by atoms with E-state index in [4.69, 9.17) is 0 Å². The van der Waals surface area contributed by atoms with E-state index in [9.17, 15) is 0 Å². The molecule has 0 aliphatic carbocycles. The summed E-state index contributed by atoms with van der Waals surface area (Å²) in [6.45, 7) is 42.5. The molecule has 0 heterocycles. The Balaban J connectivity index is 0. The third kappa shape index (κ3) is 16.9. The smallest absolute Gasteiger partial charge is 0.00258 e. The molecule has 0 atom stereocenters. The van der Waals surface area contributed by atoms with Gasteiger partial charge in [-0.05, 0) is 178 Å². The summed E-state index contributed by atoms with van der Waals surface area (Å²) in [7, 11) is 0. The molecule has 0 spiro atoms. The van der Waals surface area contributed by atoms with Gasteiger partial charge in [0, 0.05) is 0 Å². The summed E-state index contributed by atoms with van der Waals surface area (Å²) in [4.78, 5) is 0. The largest absolute Gasteiger partial charge is 0.0683 e. The average Bonchev–Trinajstić information content (AvgIpc) is 3.26. The van der Waals surface area contributed by atoms with Gasteiger partial charge in [-0.3, -0.25) is 0 Å². The maximum Gasteiger partial charge on any atom is -0.00258 e. The first kappa shape index (κ1) is 52.7. The van der Waals surface area contributed by atoms with Crippen LogP contribution in [0.1, 0.15) is 133 Å². The van der Waals surface area contributed by atoms with Crippen LogP contribution in [0.25, 0.3) is 10.8 Å². The Kier molecular flexibility index (Phi) is 28.6. The lowest BCUT2D eigenvalue weighted by atomic mass is 9.90. The standard InChI is InChI=1S/C13H12.2C12H18.C10H8.4C2H6/c1-3-7-12(8-4-1)11-13-9-5-2-6-10-13;2*1-7-8(2)10(4)12(6)11(5)9(7)3;1-2-6-10-8-4-3-7-9(10)5-1;4*1-2/h1-10H,11H2;2*1-6H3;1-8H;4*1-2H3. The van der Waals surface area contributed by atoms with Crippen LogP contribution in [0.15, 0.2) is 109 Å². The molecule has 0 saturated carbocycles. The van der Waals surface area contributed by atoms with Gasteiger partial charge in [-0.1, -0.05) is 165 Å². The third-order valence-electron chi connectivity index (χ3n) is 10.5. The van der Waals surface area contributed by atoms with Crippen molar-refractivity contribution in [1.82, 2.24) is 0 Å². The van der Waals surface area contributed by atoms with Crippen molar-refractivity contribution in [2.75, 3.05) is 0 Å². The van der Waals surface area contributed by atoms with E-state index in [2.05, 4.69) is 192 Å². The molecule has 6 aromatic rings. The Labute approximate surface area is 341 Å². The number of hydrogen-bond donors (Lipinski definition) is 0. The Morgan fingerprint density at radius 1 is 0.218 bits per heavy atom. The zero-order chi connectivity index (χ0) is 42.7. The molecular weight excluding hydrogens is 661 g/mol. The lowest BCUT2D eigenvalue weighted by Crippen LogP contribution is -1.98. The molecule has 6 aromatic carbocycles. The van der Waals surface area contributed by atoms with E-state index < -0.39 is 0 Å². The predicted octanol–water partition coefficient (Wildman–Crippen LogP) is 17.3. The fourth-order valence-corrected chi connectivity index (χ4v) is 5.94. The molecule has 0 fully saturated rings. The first-order valence-corrected chi connectivity index (χ1v) is 20.9. The molecule has 300 valence electrons. The van der Waals surface area contributed by atoms with Crippen molar-refractivity contribution in [1.29, 1.82) is 0 Å². The van der Waals surface area contributed by atoms with E-state index in [0.717, 1.165) is 6.42 Å². The molecule has 0 radical (unpaired) electrons. The molecule has 0 saturated heterocycles. The molecule has 0 heteroatoms. The van der Waals surface area contributed by atoms with E-state index in [-0.39, 0.29) is 0 Å². The zero-order valence-corrected chi connectivity index (χ0v) is 39.1. The van der Waals surface area contributed by atoms with Gasteiger partial charge in [0.25, 0.3) is 0 Å². The highest BCUT2D eigenvalue weighted by Crippen LogP contribution is 2.26. The Bertz CT molecular complexity index is 1510. The second-order valence-corrected chi connectivity index (χ2v) is 13.0. The minimum Gasteiger partial charge on any atom is -0.0683 e. The van der Waals surface area contributed by atoms with Crippen molar-refractivity contribution < 1.29 is 0 Å². The Morgan fingerprint density at radius 3 is 0.527 bits per heavy atom. The molecule has 55 heavy (non-hydrogen) atoms. The first-order chi connectivity index (χ1) is 26.3. The van der Waals surface area contributed by atoms with Gasteiger partial charge >= 0.3 is 0 Å². The average molecular weight is 741 g/mol. The number of hydrogen-bond acceptors (Lipinski definition) is 0. The summed E-state index contributed by atoms with van der Waals surface area (Å²) in [5.74, 6) is 0. The van der Waals surface area contributed by atoms with Gasteiger partial charge in [0.05, 0.1) is 0 Å². The highest BCUT2D eigenvalue weighted by atomic mass is 14.1. The van der Waals surface area contributed by atoms with Crippen LogP contribution in [0.2, 0.25) is 0 Å². The first-order valence-electron chi connectivity index (χ1n) is 20.9. The van der Waals surface area contributed by atoms with Gasteiger partial charge < -0.3 is 0 Å². The van der Waals surface area contributed by atoms with Crippen LogP contribution in [0, 0.1) is 83.1 Å². The van der Waals surface area contributed by atoms with Crippen LogP contribution < -0.4 is 0 Å². The van der Waals surface area contributed by atoms with Crippen molar-refractivity contribution in [2.45, 2.75) is 145 Å². The molecule has 0 aromatic heterocycles. The third-order valence-corrected chi connectivity index (χ3v) is 10.5. The van der Waals surface area contributed by atoms with Gasteiger partial charge in [0.1, 0.15) is 0 Å². The van der Waals surface area contributed by atoms with Crippen LogP contribution in [0.5, 0.6) is 0 Å². The van der Waals surface area contributed by atoms with Crippen molar-refractivity contribution >= 4 is 10.8 Å². The van der Waals surface area contributed by atoms with E-state index in [1.54, 1.807) is 0 Å². The SMILES string of the molecule is CC.CC.CC.CC.Cc1c(C)c(C)c(C)c(C)c1C.Cc1c(C)c(C)c(C)c(C)c1C.c1ccc(Cc2ccccc2)cc1.c1ccc2ccccc2c1. The minimum atomic E-state index is 1.03. The van der Waals surface area contributed by atoms with E-state index in [0.29, 0.717) is 0 Å². The quantitative estimate of drug-likeness (QED) is 0.166. The summed E-state index contributed by atoms with van der Waals surface area (Å²) in [6.07, 6.45) is 1.03. The minimum absolute atomic E-state index is 1.03. The molecule has 0 aliphatic rings. The molecule has 0 N–H and O–H groups in total. The van der Waals surface area contributed by atoms with Crippen LogP contribution >= 0.6 is 0 Å². The maximum atomic E-state index is 2.21. The zero-order valence-electron chi connectivity index (χ0n) is 39.1. The van der Waals surface area contributed by atoms with Crippen LogP contribution in [0.4, 0.5) is 0 Å². The molecule has 0 nitrogen and oxygen atoms in total. The van der Waals surface area contributed by atoms with Gasteiger partial charge in [0.15, 0.2) is 0 Å². The number of benzene rings is 6. The van der Waals surface area contributed by atoms with E-state index in [1.165, 1.54) is 88.7 Å². The highest BCUT2D eigenvalue weighted by Gasteiger charge is 2.08. The van der Waals surface area contributed by atoms with Crippen LogP contribution in [-0.2, 0) is 6.42 Å². The monoisotopic (exact) mass is 741 g/mol. The summed E-state index contributed by atoms with van der Waals surface area (Å²) < 4.78 is 0. The van der Waals surface area contributed by atoms with Crippen molar-refractivity contribution in [3.8, 4) is 0 Å². The van der Waals surface area contributed by atoms with Crippen LogP contribution in [0.3, 0.4) is 0 Å². The van der Waals surface area contributed by atoms with Crippen molar-refractivity contribution in [2.24, 2.45) is 0 Å². The van der Waals surface area contributed by atoms with Gasteiger partial charge in [-0.2, -0.15) is 0 Å². The van der Waals surface area contributed by atoms with Gasteiger partial charge in [0.2, 0.25) is 0 Å². The Hall–Kier alpha value is -4.42. The molecule has 0 aliphatic heterocycles. The molecule has 0 amide bonds. The second-order valence-electron chi connectivity index (χ2n) is 13.0. The van der Waals surface area contributed by atoms with Crippen molar-refractivity contribution in [3.63, 3.8) is 0 Å². The number of fused-ring (bicyclic) bond motifs is 1. The molecular formula is C55H80. The maximum absolute atomic E-state index is 2.21. The van der Waals surface area contributed by atoms with Crippen LogP contribution in [-0.4, -0.2) is 0 Å². The lowest BCUT2D eigenvalue weighted by molar-refractivity contribution is 1.13. The summed E-state index contributed by atoms with van der Waals surface area (Å²) >= 11 is 0. The normalized spacial score (nSPS) is 9.16. The summed E-state index contributed by atoms with van der Waals surface area (Å²) in [6, 6.07) is 37.8. The molecule has 0 unspecified atom stereocenters. The number of rotatable bonds is 2.